The van der Waals surface area contributed by atoms with Gasteiger partial charge in [0.2, 0.25) is 0 Å². The molecule has 0 radical (unpaired) electrons. The number of rotatable bonds is 3. The van der Waals surface area contributed by atoms with Gasteiger partial charge in [-0.15, -0.1) is 0 Å². The van der Waals surface area contributed by atoms with Gasteiger partial charge in [0.15, 0.2) is 5.65 Å². The Morgan fingerprint density at radius 1 is 1.13 bits per heavy atom. The average molecular weight is 435 g/mol. The van der Waals surface area contributed by atoms with Crippen molar-refractivity contribution in [2.24, 2.45) is 11.8 Å². The Balaban J connectivity index is 1.70. The standard InChI is InChI=1S/C25H27ClN4O/c1-4-20-23(17-8-10-18(26)11-9-17)24-27-14-19-22(30(24)28-20)12-13-29(25(19)31)21-7-5-6-15(2)16(21)3/h8-16,21H,4-7H2,1-3H3. The van der Waals surface area contributed by atoms with Crippen LogP contribution in [0.3, 0.4) is 0 Å². The summed E-state index contributed by atoms with van der Waals surface area (Å²) < 4.78 is 3.76. The molecule has 3 heterocycles. The summed E-state index contributed by atoms with van der Waals surface area (Å²) in [5.41, 5.74) is 4.59. The fourth-order valence-corrected chi connectivity index (χ4v) is 5.22. The van der Waals surface area contributed by atoms with Crippen LogP contribution < -0.4 is 5.56 Å². The van der Waals surface area contributed by atoms with Gasteiger partial charge in [0, 0.05) is 29.0 Å². The number of hydrogen-bond donors (Lipinski definition) is 0. The molecule has 5 rings (SSSR count). The van der Waals surface area contributed by atoms with Crippen molar-refractivity contribution in [1.29, 1.82) is 0 Å². The lowest BCUT2D eigenvalue weighted by molar-refractivity contribution is 0.183. The molecule has 31 heavy (non-hydrogen) atoms. The normalized spacial score (nSPS) is 21.7. The molecule has 0 saturated heterocycles. The van der Waals surface area contributed by atoms with Crippen molar-refractivity contribution in [2.75, 3.05) is 0 Å². The number of pyridine rings is 1. The van der Waals surface area contributed by atoms with Gasteiger partial charge in [-0.25, -0.2) is 9.50 Å². The summed E-state index contributed by atoms with van der Waals surface area (Å²) in [5, 5.41) is 6.16. The largest absolute Gasteiger partial charge is 0.311 e. The summed E-state index contributed by atoms with van der Waals surface area (Å²) in [6, 6.07) is 10.0. The molecule has 1 fully saturated rings. The number of aromatic nitrogens is 4. The number of aryl methyl sites for hydroxylation is 1. The van der Waals surface area contributed by atoms with Crippen LogP contribution in [0.1, 0.15) is 51.8 Å². The maximum atomic E-state index is 13.5. The third-order valence-electron chi connectivity index (χ3n) is 7.10. The van der Waals surface area contributed by atoms with Crippen LogP contribution in [-0.2, 0) is 6.42 Å². The first-order valence-corrected chi connectivity index (χ1v) is 11.5. The SMILES string of the molecule is CCc1nn2c(ncc3c(=O)n(C4CCCC(C)C4C)ccc32)c1-c1ccc(Cl)cc1. The third kappa shape index (κ3) is 3.26. The van der Waals surface area contributed by atoms with Crippen LogP contribution in [-0.4, -0.2) is 19.2 Å². The summed E-state index contributed by atoms with van der Waals surface area (Å²) in [6.45, 7) is 6.65. The molecule has 1 aliphatic rings. The second-order valence-corrected chi connectivity index (χ2v) is 9.27. The zero-order valence-corrected chi connectivity index (χ0v) is 18.9. The molecule has 5 nitrogen and oxygen atoms in total. The van der Waals surface area contributed by atoms with Crippen molar-refractivity contribution in [3.63, 3.8) is 0 Å². The predicted octanol–water partition coefficient (Wildman–Crippen LogP) is 5.92. The number of hydrogen-bond acceptors (Lipinski definition) is 3. The molecule has 0 N–H and O–H groups in total. The lowest BCUT2D eigenvalue weighted by Crippen LogP contribution is -2.33. The van der Waals surface area contributed by atoms with Crippen LogP contribution in [0.5, 0.6) is 0 Å². The van der Waals surface area contributed by atoms with Crippen LogP contribution in [0.25, 0.3) is 27.7 Å². The van der Waals surface area contributed by atoms with Gasteiger partial charge in [0.1, 0.15) is 0 Å². The van der Waals surface area contributed by atoms with Gasteiger partial charge < -0.3 is 4.57 Å². The second kappa shape index (κ2) is 7.79. The van der Waals surface area contributed by atoms with E-state index in [9.17, 15) is 4.79 Å². The van der Waals surface area contributed by atoms with Crippen LogP contribution in [0.15, 0.2) is 47.5 Å². The molecular formula is C25H27ClN4O. The van der Waals surface area contributed by atoms with Gasteiger partial charge in [0.05, 0.1) is 16.6 Å². The van der Waals surface area contributed by atoms with E-state index in [0.717, 1.165) is 40.8 Å². The monoisotopic (exact) mass is 434 g/mol. The Hall–Kier alpha value is -2.66. The molecule has 160 valence electrons. The summed E-state index contributed by atoms with van der Waals surface area (Å²) in [7, 11) is 0. The summed E-state index contributed by atoms with van der Waals surface area (Å²) in [5.74, 6) is 1.11. The maximum Gasteiger partial charge on any atom is 0.261 e. The highest BCUT2D eigenvalue weighted by Gasteiger charge is 2.29. The van der Waals surface area contributed by atoms with Crippen molar-refractivity contribution < 1.29 is 0 Å². The highest BCUT2D eigenvalue weighted by atomic mass is 35.5. The average Bonchev–Trinajstić information content (AvgIpc) is 3.16. The van der Waals surface area contributed by atoms with Crippen LogP contribution in [0, 0.1) is 11.8 Å². The number of benzene rings is 1. The van der Waals surface area contributed by atoms with Gasteiger partial charge in [-0.3, -0.25) is 4.79 Å². The molecule has 0 amide bonds. The number of nitrogens with zero attached hydrogens (tertiary/aromatic N) is 4. The molecule has 3 aromatic heterocycles. The van der Waals surface area contributed by atoms with Crippen molar-refractivity contribution in [3.05, 3.63) is 63.8 Å². The molecule has 0 aliphatic heterocycles. The van der Waals surface area contributed by atoms with E-state index in [2.05, 4.69) is 20.8 Å². The quantitative estimate of drug-likeness (QED) is 0.402. The first kappa shape index (κ1) is 20.3. The number of halogens is 1. The van der Waals surface area contributed by atoms with E-state index >= 15 is 0 Å². The van der Waals surface area contributed by atoms with Gasteiger partial charge in [-0.2, -0.15) is 5.10 Å². The number of fused-ring (bicyclic) bond motifs is 3. The van der Waals surface area contributed by atoms with Gasteiger partial charge in [-0.05, 0) is 48.4 Å². The zero-order chi connectivity index (χ0) is 21.7. The van der Waals surface area contributed by atoms with E-state index in [0.29, 0.717) is 22.2 Å². The van der Waals surface area contributed by atoms with Crippen molar-refractivity contribution >= 4 is 28.2 Å². The highest BCUT2D eigenvalue weighted by molar-refractivity contribution is 6.30. The van der Waals surface area contributed by atoms with Crippen LogP contribution >= 0.6 is 11.6 Å². The van der Waals surface area contributed by atoms with Crippen molar-refractivity contribution in [1.82, 2.24) is 19.2 Å². The van der Waals surface area contributed by atoms with E-state index < -0.39 is 0 Å². The highest BCUT2D eigenvalue weighted by Crippen LogP contribution is 2.37. The van der Waals surface area contributed by atoms with E-state index in [1.807, 2.05) is 45.6 Å². The fraction of sp³-hybridized carbons (Fsp3) is 0.400. The zero-order valence-electron chi connectivity index (χ0n) is 18.2. The minimum atomic E-state index is 0.0273. The first-order chi connectivity index (χ1) is 15.0. The van der Waals surface area contributed by atoms with Crippen LogP contribution in [0.2, 0.25) is 5.02 Å². The van der Waals surface area contributed by atoms with Gasteiger partial charge >= 0.3 is 0 Å². The maximum absolute atomic E-state index is 13.5. The minimum absolute atomic E-state index is 0.0273. The van der Waals surface area contributed by atoms with Crippen molar-refractivity contribution in [2.45, 2.75) is 52.5 Å². The van der Waals surface area contributed by atoms with E-state index in [4.69, 9.17) is 21.7 Å². The van der Waals surface area contributed by atoms with E-state index in [1.54, 1.807) is 6.20 Å². The Morgan fingerprint density at radius 2 is 1.90 bits per heavy atom. The second-order valence-electron chi connectivity index (χ2n) is 8.84. The lowest BCUT2D eigenvalue weighted by Gasteiger charge is -2.35. The molecule has 1 aromatic carbocycles. The lowest BCUT2D eigenvalue weighted by atomic mass is 9.78. The topological polar surface area (TPSA) is 52.2 Å². The molecule has 0 bridgehead atoms. The smallest absolute Gasteiger partial charge is 0.261 e. The Bertz CT molecular complexity index is 1320. The minimum Gasteiger partial charge on any atom is -0.311 e. The molecule has 1 aliphatic carbocycles. The third-order valence-corrected chi connectivity index (χ3v) is 7.35. The Morgan fingerprint density at radius 3 is 2.65 bits per heavy atom. The van der Waals surface area contributed by atoms with Crippen molar-refractivity contribution in [3.8, 4) is 11.1 Å². The first-order valence-electron chi connectivity index (χ1n) is 11.2. The summed E-state index contributed by atoms with van der Waals surface area (Å²) >= 11 is 6.09. The molecular weight excluding hydrogens is 408 g/mol. The molecule has 4 aromatic rings. The molecule has 6 heteroatoms. The molecule has 3 atom stereocenters. The predicted molar refractivity (Wildman–Crippen MR) is 126 cm³/mol. The molecule has 3 unspecified atom stereocenters. The van der Waals surface area contributed by atoms with E-state index in [1.165, 1.54) is 12.8 Å². The summed E-state index contributed by atoms with van der Waals surface area (Å²) in [6.07, 6.45) is 7.91. The van der Waals surface area contributed by atoms with Gasteiger partial charge in [-0.1, -0.05) is 57.3 Å². The Labute approximate surface area is 186 Å². The van der Waals surface area contributed by atoms with Crippen LogP contribution in [0.4, 0.5) is 0 Å². The summed E-state index contributed by atoms with van der Waals surface area (Å²) in [4.78, 5) is 18.2. The van der Waals surface area contributed by atoms with Gasteiger partial charge in [0.25, 0.3) is 5.56 Å². The van der Waals surface area contributed by atoms with E-state index in [-0.39, 0.29) is 11.6 Å². The fourth-order valence-electron chi connectivity index (χ4n) is 5.10. The molecule has 1 saturated carbocycles. The Kier molecular flexibility index (Phi) is 5.09. The molecule has 0 spiro atoms.